The van der Waals surface area contributed by atoms with Crippen molar-refractivity contribution in [2.45, 2.75) is 0 Å². The van der Waals surface area contributed by atoms with Crippen LogP contribution in [0.2, 0.25) is 5.02 Å². The summed E-state index contributed by atoms with van der Waals surface area (Å²) in [6, 6.07) is 13.5. The minimum absolute atomic E-state index is 0.465. The zero-order valence-electron chi connectivity index (χ0n) is 10.7. The molecule has 2 aromatic carbocycles. The summed E-state index contributed by atoms with van der Waals surface area (Å²) in [7, 11) is 1.62. The molecular weight excluding hydrogens is 262 g/mol. The fourth-order valence-electron chi connectivity index (χ4n) is 1.80. The maximum absolute atomic E-state index is 6.00. The highest BCUT2D eigenvalue weighted by Gasteiger charge is 2.07. The normalized spacial score (nSPS) is 10.3. The standard InChI is InChI=1S/C15H16ClNO2/c1-18-15-10-12(5-6-14(15)19-8-7-17)11-3-2-4-13(16)9-11/h2-6,9-10H,7-8,17H2,1H3. The average Bonchev–Trinajstić information content (AvgIpc) is 2.45. The Kier molecular flexibility index (Phi) is 4.66. The van der Waals surface area contributed by atoms with Crippen LogP contribution in [0.15, 0.2) is 42.5 Å². The molecule has 0 unspecified atom stereocenters. The highest BCUT2D eigenvalue weighted by molar-refractivity contribution is 6.30. The number of nitrogens with two attached hydrogens (primary N) is 1. The molecule has 0 radical (unpaired) electrons. The maximum atomic E-state index is 6.00. The third kappa shape index (κ3) is 3.40. The molecule has 19 heavy (non-hydrogen) atoms. The van der Waals surface area contributed by atoms with Crippen LogP contribution in [-0.2, 0) is 0 Å². The summed E-state index contributed by atoms with van der Waals surface area (Å²) in [6.07, 6.45) is 0. The number of methoxy groups -OCH3 is 1. The van der Waals surface area contributed by atoms with Crippen molar-refractivity contribution in [2.75, 3.05) is 20.3 Å². The van der Waals surface area contributed by atoms with Crippen LogP contribution in [-0.4, -0.2) is 20.3 Å². The molecule has 0 amide bonds. The van der Waals surface area contributed by atoms with E-state index < -0.39 is 0 Å². The summed E-state index contributed by atoms with van der Waals surface area (Å²) < 4.78 is 10.9. The van der Waals surface area contributed by atoms with Gasteiger partial charge in [-0.2, -0.15) is 0 Å². The summed E-state index contributed by atoms with van der Waals surface area (Å²) in [5, 5.41) is 0.708. The number of hydrogen-bond donors (Lipinski definition) is 1. The second-order valence-corrected chi connectivity index (χ2v) is 4.45. The van der Waals surface area contributed by atoms with E-state index in [1.54, 1.807) is 7.11 Å². The van der Waals surface area contributed by atoms with E-state index in [2.05, 4.69) is 0 Å². The monoisotopic (exact) mass is 277 g/mol. The van der Waals surface area contributed by atoms with Crippen LogP contribution in [0.1, 0.15) is 0 Å². The summed E-state index contributed by atoms with van der Waals surface area (Å²) in [6.45, 7) is 0.937. The molecule has 2 N–H and O–H groups in total. The Balaban J connectivity index is 2.33. The van der Waals surface area contributed by atoms with E-state index in [0.29, 0.717) is 29.7 Å². The number of benzene rings is 2. The Bertz CT molecular complexity index is 558. The second-order valence-electron chi connectivity index (χ2n) is 4.01. The lowest BCUT2D eigenvalue weighted by atomic mass is 10.1. The van der Waals surface area contributed by atoms with Crippen LogP contribution in [0.3, 0.4) is 0 Å². The molecule has 0 aliphatic rings. The summed E-state index contributed by atoms with van der Waals surface area (Å²) in [5.41, 5.74) is 7.49. The van der Waals surface area contributed by atoms with Crippen LogP contribution in [0.5, 0.6) is 11.5 Å². The maximum Gasteiger partial charge on any atom is 0.161 e. The Morgan fingerprint density at radius 1 is 1.05 bits per heavy atom. The Morgan fingerprint density at radius 3 is 2.53 bits per heavy atom. The van der Waals surface area contributed by atoms with E-state index in [0.717, 1.165) is 11.1 Å². The van der Waals surface area contributed by atoms with Crippen molar-refractivity contribution in [3.05, 3.63) is 47.5 Å². The van der Waals surface area contributed by atoms with E-state index in [-0.39, 0.29) is 0 Å². The lowest BCUT2D eigenvalue weighted by Crippen LogP contribution is -2.11. The van der Waals surface area contributed by atoms with Crippen molar-refractivity contribution in [2.24, 2.45) is 5.73 Å². The highest BCUT2D eigenvalue weighted by atomic mass is 35.5. The van der Waals surface area contributed by atoms with Crippen molar-refractivity contribution in [3.8, 4) is 22.6 Å². The van der Waals surface area contributed by atoms with Crippen LogP contribution in [0.25, 0.3) is 11.1 Å². The Hall–Kier alpha value is -1.71. The molecule has 0 bridgehead atoms. The van der Waals surface area contributed by atoms with E-state index in [9.17, 15) is 0 Å². The fraction of sp³-hybridized carbons (Fsp3) is 0.200. The fourth-order valence-corrected chi connectivity index (χ4v) is 1.99. The quantitative estimate of drug-likeness (QED) is 0.911. The predicted octanol–water partition coefficient (Wildman–Crippen LogP) is 3.35. The molecule has 0 heterocycles. The van der Waals surface area contributed by atoms with E-state index in [1.165, 1.54) is 0 Å². The summed E-state index contributed by atoms with van der Waals surface area (Å²) >= 11 is 6.00. The second kappa shape index (κ2) is 6.45. The van der Waals surface area contributed by atoms with Gasteiger partial charge in [0.15, 0.2) is 11.5 Å². The number of ether oxygens (including phenoxy) is 2. The van der Waals surface area contributed by atoms with Gasteiger partial charge in [0.25, 0.3) is 0 Å². The summed E-state index contributed by atoms with van der Waals surface area (Å²) in [5.74, 6) is 1.38. The lowest BCUT2D eigenvalue weighted by Gasteiger charge is -2.12. The molecule has 0 saturated heterocycles. The van der Waals surface area contributed by atoms with Crippen molar-refractivity contribution in [3.63, 3.8) is 0 Å². The van der Waals surface area contributed by atoms with Crippen molar-refractivity contribution in [1.29, 1.82) is 0 Å². The SMILES string of the molecule is COc1cc(-c2cccc(Cl)c2)ccc1OCCN. The molecule has 3 nitrogen and oxygen atoms in total. The van der Waals surface area contributed by atoms with Crippen molar-refractivity contribution >= 4 is 11.6 Å². The molecule has 0 aliphatic carbocycles. The highest BCUT2D eigenvalue weighted by Crippen LogP contribution is 2.33. The van der Waals surface area contributed by atoms with Gasteiger partial charge in [-0.1, -0.05) is 29.8 Å². The topological polar surface area (TPSA) is 44.5 Å². The zero-order valence-corrected chi connectivity index (χ0v) is 11.5. The average molecular weight is 278 g/mol. The minimum Gasteiger partial charge on any atom is -0.493 e. The van der Waals surface area contributed by atoms with Crippen LogP contribution in [0, 0.1) is 0 Å². The van der Waals surface area contributed by atoms with Crippen LogP contribution in [0.4, 0.5) is 0 Å². The molecule has 0 fully saturated rings. The van der Waals surface area contributed by atoms with Gasteiger partial charge in [0, 0.05) is 11.6 Å². The molecule has 2 rings (SSSR count). The number of hydrogen-bond acceptors (Lipinski definition) is 3. The van der Waals surface area contributed by atoms with Gasteiger partial charge in [0.2, 0.25) is 0 Å². The zero-order chi connectivity index (χ0) is 13.7. The first-order valence-electron chi connectivity index (χ1n) is 6.01. The number of halogens is 1. The number of rotatable bonds is 5. The molecule has 4 heteroatoms. The first kappa shape index (κ1) is 13.7. The Morgan fingerprint density at radius 2 is 1.84 bits per heavy atom. The van der Waals surface area contributed by atoms with Gasteiger partial charge in [-0.05, 0) is 35.4 Å². The van der Waals surface area contributed by atoms with Gasteiger partial charge in [-0.3, -0.25) is 0 Å². The minimum atomic E-state index is 0.465. The van der Waals surface area contributed by atoms with E-state index in [1.807, 2.05) is 42.5 Å². The van der Waals surface area contributed by atoms with Crippen LogP contribution >= 0.6 is 11.6 Å². The van der Waals surface area contributed by atoms with Crippen molar-refractivity contribution < 1.29 is 9.47 Å². The van der Waals surface area contributed by atoms with Crippen molar-refractivity contribution in [1.82, 2.24) is 0 Å². The molecule has 2 aromatic rings. The summed E-state index contributed by atoms with van der Waals surface area (Å²) in [4.78, 5) is 0. The molecule has 0 aromatic heterocycles. The molecule has 100 valence electrons. The van der Waals surface area contributed by atoms with E-state index >= 15 is 0 Å². The predicted molar refractivity (Wildman–Crippen MR) is 78.0 cm³/mol. The third-order valence-electron chi connectivity index (χ3n) is 2.70. The lowest BCUT2D eigenvalue weighted by molar-refractivity contribution is 0.302. The smallest absolute Gasteiger partial charge is 0.161 e. The molecule has 0 atom stereocenters. The van der Waals surface area contributed by atoms with Gasteiger partial charge >= 0.3 is 0 Å². The third-order valence-corrected chi connectivity index (χ3v) is 2.93. The van der Waals surface area contributed by atoms with Gasteiger partial charge in [-0.25, -0.2) is 0 Å². The van der Waals surface area contributed by atoms with Crippen LogP contribution < -0.4 is 15.2 Å². The van der Waals surface area contributed by atoms with Gasteiger partial charge < -0.3 is 15.2 Å². The molecular formula is C15H16ClNO2. The first-order chi connectivity index (χ1) is 9.24. The largest absolute Gasteiger partial charge is 0.493 e. The molecule has 0 spiro atoms. The van der Waals surface area contributed by atoms with Gasteiger partial charge in [0.05, 0.1) is 7.11 Å². The molecule has 0 aliphatic heterocycles. The van der Waals surface area contributed by atoms with Gasteiger partial charge in [0.1, 0.15) is 6.61 Å². The van der Waals surface area contributed by atoms with E-state index in [4.69, 9.17) is 26.8 Å². The first-order valence-corrected chi connectivity index (χ1v) is 6.39. The van der Waals surface area contributed by atoms with Gasteiger partial charge in [-0.15, -0.1) is 0 Å². The Labute approximate surface area is 117 Å². The molecule has 0 saturated carbocycles.